The molecule has 1 aromatic heterocycles. The first-order valence-electron chi connectivity index (χ1n) is 12.4. The van der Waals surface area contributed by atoms with Crippen molar-refractivity contribution in [2.45, 2.75) is 39.5 Å². The van der Waals surface area contributed by atoms with E-state index in [1.54, 1.807) is 36.0 Å². The van der Waals surface area contributed by atoms with Crippen molar-refractivity contribution in [2.75, 3.05) is 6.54 Å². The number of hydrogen-bond donors (Lipinski definition) is 0. The Bertz CT molecular complexity index is 1490. The molecule has 1 aliphatic rings. The van der Waals surface area contributed by atoms with Gasteiger partial charge in [0.1, 0.15) is 17.3 Å². The summed E-state index contributed by atoms with van der Waals surface area (Å²) in [6.45, 7) is 3.89. The number of aromatic nitrogens is 2. The predicted molar refractivity (Wildman–Crippen MR) is 143 cm³/mol. The van der Waals surface area contributed by atoms with E-state index in [2.05, 4.69) is 12.0 Å². The van der Waals surface area contributed by atoms with E-state index < -0.39 is 16.7 Å². The van der Waals surface area contributed by atoms with Crippen LogP contribution in [0.3, 0.4) is 0 Å². The van der Waals surface area contributed by atoms with Gasteiger partial charge in [-0.3, -0.25) is 24.6 Å². The molecule has 3 aromatic rings. The van der Waals surface area contributed by atoms with Crippen LogP contribution < -0.4 is 0 Å². The lowest BCUT2D eigenvalue weighted by atomic mass is 9.93. The molecule has 192 valence electrons. The minimum absolute atomic E-state index is 0.0707. The average molecular weight is 510 g/mol. The molecular weight excluding hydrogens is 482 g/mol. The smallest absolute Gasteiger partial charge is 0.271 e. The van der Waals surface area contributed by atoms with Gasteiger partial charge >= 0.3 is 0 Å². The molecule has 0 N–H and O–H groups in total. The summed E-state index contributed by atoms with van der Waals surface area (Å²) in [5.74, 6) is -1.05. The van der Waals surface area contributed by atoms with Crippen molar-refractivity contribution in [2.24, 2.45) is 0 Å². The second-order valence-electron chi connectivity index (χ2n) is 9.01. The summed E-state index contributed by atoms with van der Waals surface area (Å²) in [5, 5.41) is 25.8. The third-order valence-corrected chi connectivity index (χ3v) is 6.45. The zero-order valence-corrected chi connectivity index (χ0v) is 21.3. The molecule has 0 fully saturated rings. The topological polar surface area (TPSA) is 122 Å². The van der Waals surface area contributed by atoms with Gasteiger partial charge in [-0.15, -0.1) is 0 Å². The van der Waals surface area contributed by atoms with Gasteiger partial charge in [-0.1, -0.05) is 56.5 Å². The lowest BCUT2D eigenvalue weighted by Crippen LogP contribution is -2.43. The summed E-state index contributed by atoms with van der Waals surface area (Å²) in [7, 11) is 0. The molecule has 9 nitrogen and oxygen atoms in total. The molecule has 0 atom stereocenters. The maximum Gasteiger partial charge on any atom is 0.271 e. The number of non-ortho nitro benzene ring substituents is 1. The van der Waals surface area contributed by atoms with Crippen molar-refractivity contribution in [1.82, 2.24) is 14.7 Å². The van der Waals surface area contributed by atoms with E-state index in [-0.39, 0.29) is 23.4 Å². The van der Waals surface area contributed by atoms with Crippen molar-refractivity contribution in [3.05, 3.63) is 93.2 Å². The summed E-state index contributed by atoms with van der Waals surface area (Å²) in [6, 6.07) is 17.4. The van der Waals surface area contributed by atoms with Crippen molar-refractivity contribution < 1.29 is 14.5 Å². The Labute approximate surface area is 220 Å². The van der Waals surface area contributed by atoms with E-state index in [0.717, 1.165) is 29.8 Å². The quantitative estimate of drug-likeness (QED) is 0.121. The van der Waals surface area contributed by atoms with Gasteiger partial charge in [-0.2, -0.15) is 10.4 Å². The first-order chi connectivity index (χ1) is 18.3. The average Bonchev–Trinajstić information content (AvgIpc) is 3.35. The summed E-state index contributed by atoms with van der Waals surface area (Å²) in [6.07, 6.45) is 6.87. The number of rotatable bonds is 9. The van der Waals surface area contributed by atoms with E-state index in [9.17, 15) is 25.0 Å². The van der Waals surface area contributed by atoms with Gasteiger partial charge < -0.3 is 0 Å². The van der Waals surface area contributed by atoms with Gasteiger partial charge in [0.15, 0.2) is 0 Å². The fraction of sp³-hybridized carbons (Fsp3) is 0.241. The van der Waals surface area contributed by atoms with Gasteiger partial charge in [0.25, 0.3) is 17.5 Å². The Morgan fingerprint density at radius 3 is 2.50 bits per heavy atom. The molecule has 1 aliphatic heterocycles. The lowest BCUT2D eigenvalue weighted by molar-refractivity contribution is -0.384. The maximum atomic E-state index is 13.5. The first kappa shape index (κ1) is 26.2. The largest absolute Gasteiger partial charge is 0.274 e. The minimum atomic E-state index is -0.581. The van der Waals surface area contributed by atoms with E-state index in [0.29, 0.717) is 28.8 Å². The van der Waals surface area contributed by atoms with Gasteiger partial charge in [0.05, 0.1) is 10.6 Å². The molecule has 2 heterocycles. The van der Waals surface area contributed by atoms with E-state index in [1.807, 2.05) is 36.4 Å². The Balaban J connectivity index is 1.85. The normalized spacial score (nSPS) is 14.8. The van der Waals surface area contributed by atoms with Gasteiger partial charge in [0.2, 0.25) is 0 Å². The fourth-order valence-corrected chi connectivity index (χ4v) is 4.38. The van der Waals surface area contributed by atoms with Gasteiger partial charge in [0, 0.05) is 41.6 Å². The van der Waals surface area contributed by atoms with Crippen LogP contribution in [0.5, 0.6) is 0 Å². The van der Waals surface area contributed by atoms with E-state index in [4.69, 9.17) is 0 Å². The molecule has 0 unspecified atom stereocenters. The van der Waals surface area contributed by atoms with Crippen LogP contribution in [0.25, 0.3) is 23.0 Å². The number of nitro benzene ring substituents is 1. The molecule has 0 aliphatic carbocycles. The number of imide groups is 1. The third kappa shape index (κ3) is 5.30. The molecule has 0 saturated heterocycles. The monoisotopic (exact) mass is 509 g/mol. The van der Waals surface area contributed by atoms with Crippen LogP contribution in [0.4, 0.5) is 5.69 Å². The molecular formula is C29H27N5O4. The van der Waals surface area contributed by atoms with Crippen LogP contribution in [0.1, 0.15) is 45.1 Å². The SMILES string of the molecule is CCCCCCN1C(=O)C(C#N)=C(C)/C(=C\c2cn(-c3ccccc3)nc2-c2cccc([N+](=O)[O-])c2)C1=O. The fourth-order valence-electron chi connectivity index (χ4n) is 4.38. The zero-order valence-electron chi connectivity index (χ0n) is 21.3. The summed E-state index contributed by atoms with van der Waals surface area (Å²) < 4.78 is 1.63. The number of benzene rings is 2. The van der Waals surface area contributed by atoms with Crippen molar-refractivity contribution in [3.8, 4) is 23.0 Å². The third-order valence-electron chi connectivity index (χ3n) is 6.45. The predicted octanol–water partition coefficient (Wildman–Crippen LogP) is 5.62. The number of amides is 2. The number of nitrogens with zero attached hydrogens (tertiary/aromatic N) is 5. The Hall–Kier alpha value is -4.84. The molecule has 0 saturated carbocycles. The Kier molecular flexibility index (Phi) is 7.92. The van der Waals surface area contributed by atoms with Crippen molar-refractivity contribution >= 4 is 23.6 Å². The Morgan fingerprint density at radius 2 is 1.82 bits per heavy atom. The second kappa shape index (κ2) is 11.5. The van der Waals surface area contributed by atoms with E-state index >= 15 is 0 Å². The molecule has 0 spiro atoms. The second-order valence-corrected chi connectivity index (χ2v) is 9.01. The summed E-state index contributed by atoms with van der Waals surface area (Å²) in [4.78, 5) is 38.5. The van der Waals surface area contributed by atoms with Crippen LogP contribution >= 0.6 is 0 Å². The summed E-state index contributed by atoms with van der Waals surface area (Å²) >= 11 is 0. The highest BCUT2D eigenvalue weighted by molar-refractivity contribution is 6.19. The Morgan fingerprint density at radius 1 is 1.05 bits per heavy atom. The van der Waals surface area contributed by atoms with Gasteiger partial charge in [-0.05, 0) is 37.1 Å². The number of para-hydroxylation sites is 1. The highest BCUT2D eigenvalue weighted by Crippen LogP contribution is 2.32. The first-order valence-corrected chi connectivity index (χ1v) is 12.4. The van der Waals surface area contributed by atoms with E-state index in [1.165, 1.54) is 12.1 Å². The van der Waals surface area contributed by atoms with Crippen LogP contribution in [0.15, 0.2) is 77.5 Å². The van der Waals surface area contributed by atoms with Crippen LogP contribution in [-0.2, 0) is 9.59 Å². The van der Waals surface area contributed by atoms with Crippen molar-refractivity contribution in [3.63, 3.8) is 0 Å². The van der Waals surface area contributed by atoms with Crippen LogP contribution in [0, 0.1) is 21.4 Å². The zero-order chi connectivity index (χ0) is 27.2. The number of carbonyl (C=O) groups is 2. The number of unbranched alkanes of at least 4 members (excludes halogenated alkanes) is 3. The molecule has 9 heteroatoms. The molecule has 38 heavy (non-hydrogen) atoms. The lowest BCUT2D eigenvalue weighted by Gasteiger charge is -2.27. The van der Waals surface area contributed by atoms with Gasteiger partial charge in [-0.25, -0.2) is 4.68 Å². The molecule has 4 rings (SSSR count). The highest BCUT2D eigenvalue weighted by Gasteiger charge is 2.35. The number of nitriles is 1. The maximum absolute atomic E-state index is 13.5. The number of carbonyl (C=O) groups excluding carboxylic acids is 2. The number of hydrogen-bond acceptors (Lipinski definition) is 6. The summed E-state index contributed by atoms with van der Waals surface area (Å²) in [5.41, 5.74) is 2.57. The molecule has 0 radical (unpaired) electrons. The minimum Gasteiger partial charge on any atom is -0.274 e. The number of nitro groups is 1. The molecule has 0 bridgehead atoms. The molecule has 2 aromatic carbocycles. The highest BCUT2D eigenvalue weighted by atomic mass is 16.6. The van der Waals surface area contributed by atoms with Crippen molar-refractivity contribution in [1.29, 1.82) is 5.26 Å². The van der Waals surface area contributed by atoms with Crippen LogP contribution in [0.2, 0.25) is 0 Å². The standard InChI is InChI=1S/C29H27N5O4/c1-3-4-5-9-15-32-28(35)25(20(2)26(18-30)29(32)36)17-22-19-33(23-12-7-6-8-13-23)31-27(22)21-11-10-14-24(16-21)34(37)38/h6-8,10-14,16-17,19H,3-5,9,15H2,1-2H3/b25-17+. The van der Waals surface area contributed by atoms with Crippen LogP contribution in [-0.4, -0.2) is 38.0 Å². The molecule has 2 amide bonds.